The molecule has 0 saturated heterocycles. The van der Waals surface area contributed by atoms with Crippen LogP contribution in [0.15, 0.2) is 73.1 Å². The minimum absolute atomic E-state index is 0.152. The minimum atomic E-state index is -0.313. The van der Waals surface area contributed by atoms with E-state index in [1.807, 2.05) is 32.0 Å². The number of rotatable bonds is 7. The zero-order valence-corrected chi connectivity index (χ0v) is 22.5. The molecule has 0 aromatic heterocycles. The van der Waals surface area contributed by atoms with Crippen molar-refractivity contribution in [1.29, 1.82) is 0 Å². The van der Waals surface area contributed by atoms with Gasteiger partial charge in [-0.15, -0.1) is 0 Å². The van der Waals surface area contributed by atoms with Crippen molar-refractivity contribution >= 4 is 71.5 Å². The summed E-state index contributed by atoms with van der Waals surface area (Å²) in [5.41, 5.74) is 6.59. The lowest BCUT2D eigenvalue weighted by atomic mass is 10.1. The molecule has 0 unspecified atom stereocenters. The minimum Gasteiger partial charge on any atom is -0.481 e. The van der Waals surface area contributed by atoms with Gasteiger partial charge in [0.25, 0.3) is 11.8 Å². The van der Waals surface area contributed by atoms with Crippen LogP contribution in [0.4, 0.5) is 5.69 Å². The maximum absolute atomic E-state index is 12.3. The Labute approximate surface area is 217 Å². The molecule has 0 bridgehead atoms. The van der Waals surface area contributed by atoms with E-state index in [-0.39, 0.29) is 18.4 Å². The zero-order valence-electron chi connectivity index (χ0n) is 17.8. The van der Waals surface area contributed by atoms with E-state index in [0.717, 1.165) is 26.9 Å². The number of carbonyl (C=O) groups is 2. The molecule has 0 radical (unpaired) electrons. The van der Waals surface area contributed by atoms with Crippen molar-refractivity contribution in [3.05, 3.63) is 90.3 Å². The molecule has 3 aromatic carbocycles. The van der Waals surface area contributed by atoms with E-state index in [1.54, 1.807) is 36.4 Å². The van der Waals surface area contributed by atoms with Crippen LogP contribution < -0.4 is 15.5 Å². The van der Waals surface area contributed by atoms with Gasteiger partial charge in [-0.25, -0.2) is 5.43 Å². The molecule has 9 heteroatoms. The van der Waals surface area contributed by atoms with Crippen LogP contribution in [0, 0.1) is 13.8 Å². The van der Waals surface area contributed by atoms with Crippen molar-refractivity contribution in [2.75, 3.05) is 11.9 Å². The first-order valence-electron chi connectivity index (χ1n) is 9.81. The Hall–Kier alpha value is -2.49. The molecule has 3 rings (SSSR count). The van der Waals surface area contributed by atoms with Gasteiger partial charge in [-0.2, -0.15) is 5.10 Å². The van der Waals surface area contributed by atoms with Gasteiger partial charge in [-0.3, -0.25) is 9.59 Å². The predicted molar refractivity (Wildman–Crippen MR) is 141 cm³/mol. The number of amides is 2. The summed E-state index contributed by atoms with van der Waals surface area (Å²) in [7, 11) is 0. The van der Waals surface area contributed by atoms with Crippen molar-refractivity contribution < 1.29 is 14.3 Å². The topological polar surface area (TPSA) is 79.8 Å². The van der Waals surface area contributed by atoms with Gasteiger partial charge in [-0.1, -0.05) is 28.1 Å². The van der Waals surface area contributed by atoms with Crippen LogP contribution >= 0.6 is 47.8 Å². The SMILES string of the molecule is Cc1cccc(NC(=O)COc2c(Br)cc(/C=N/NC(=O)c3ccc(Br)cc3)cc2Br)c1C. The number of nitrogens with zero attached hydrogens (tertiary/aromatic N) is 1. The number of hydrogen-bond acceptors (Lipinski definition) is 4. The summed E-state index contributed by atoms with van der Waals surface area (Å²) < 4.78 is 7.88. The predicted octanol–water partition coefficient (Wildman–Crippen LogP) is 6.37. The first-order chi connectivity index (χ1) is 15.7. The lowest BCUT2D eigenvalue weighted by Crippen LogP contribution is -2.21. The van der Waals surface area contributed by atoms with Gasteiger partial charge >= 0.3 is 0 Å². The van der Waals surface area contributed by atoms with Crippen LogP contribution in [-0.2, 0) is 4.79 Å². The normalized spacial score (nSPS) is 10.8. The molecular formula is C24H20Br3N3O3. The second kappa shape index (κ2) is 11.6. The Bertz CT molecular complexity index is 1190. The molecule has 0 aliphatic rings. The number of hydrogen-bond donors (Lipinski definition) is 2. The molecule has 2 amide bonds. The van der Waals surface area contributed by atoms with Crippen LogP contribution in [-0.4, -0.2) is 24.6 Å². The summed E-state index contributed by atoms with van der Waals surface area (Å²) in [6.07, 6.45) is 1.52. The summed E-state index contributed by atoms with van der Waals surface area (Å²) in [5.74, 6) is -0.0855. The Morgan fingerprint density at radius 2 is 1.67 bits per heavy atom. The van der Waals surface area contributed by atoms with E-state index >= 15 is 0 Å². The number of ether oxygens (including phenoxy) is 1. The average Bonchev–Trinajstić information content (AvgIpc) is 2.77. The lowest BCUT2D eigenvalue weighted by Gasteiger charge is -2.13. The number of aryl methyl sites for hydroxylation is 1. The third kappa shape index (κ3) is 6.99. The Morgan fingerprint density at radius 3 is 2.33 bits per heavy atom. The van der Waals surface area contributed by atoms with Crippen LogP contribution in [0.1, 0.15) is 27.0 Å². The summed E-state index contributed by atoms with van der Waals surface area (Å²) in [6, 6.07) is 16.3. The van der Waals surface area contributed by atoms with Gasteiger partial charge in [0.15, 0.2) is 6.61 Å². The monoisotopic (exact) mass is 635 g/mol. The van der Waals surface area contributed by atoms with Gasteiger partial charge in [0.05, 0.1) is 15.2 Å². The molecule has 0 atom stereocenters. The highest BCUT2D eigenvalue weighted by Gasteiger charge is 2.12. The maximum Gasteiger partial charge on any atom is 0.271 e. The van der Waals surface area contributed by atoms with E-state index in [1.165, 1.54) is 6.21 Å². The molecule has 0 fully saturated rings. The first kappa shape index (κ1) is 25.1. The largest absolute Gasteiger partial charge is 0.481 e. The van der Waals surface area contributed by atoms with E-state index in [0.29, 0.717) is 20.3 Å². The fourth-order valence-corrected chi connectivity index (χ4v) is 4.55. The van der Waals surface area contributed by atoms with E-state index in [9.17, 15) is 9.59 Å². The highest BCUT2D eigenvalue weighted by molar-refractivity contribution is 9.11. The van der Waals surface area contributed by atoms with Crippen LogP contribution in [0.2, 0.25) is 0 Å². The summed E-state index contributed by atoms with van der Waals surface area (Å²) in [4.78, 5) is 24.5. The molecule has 6 nitrogen and oxygen atoms in total. The van der Waals surface area contributed by atoms with Crippen LogP contribution in [0.5, 0.6) is 5.75 Å². The van der Waals surface area contributed by atoms with Gasteiger partial charge in [0, 0.05) is 15.7 Å². The quantitative estimate of drug-likeness (QED) is 0.233. The van der Waals surface area contributed by atoms with E-state index in [4.69, 9.17) is 4.74 Å². The number of nitrogens with one attached hydrogen (secondary N) is 2. The van der Waals surface area contributed by atoms with Gasteiger partial charge in [0.2, 0.25) is 0 Å². The standard InChI is InChI=1S/C24H20Br3N3O3/c1-14-4-3-5-21(15(14)2)29-22(31)13-33-23-19(26)10-16(11-20(23)27)12-28-30-24(32)17-6-8-18(25)9-7-17/h3-12H,13H2,1-2H3,(H,29,31)(H,30,32)/b28-12+. The first-order valence-corrected chi connectivity index (χ1v) is 12.2. The molecule has 3 aromatic rings. The fourth-order valence-electron chi connectivity index (χ4n) is 2.83. The van der Waals surface area contributed by atoms with E-state index in [2.05, 4.69) is 63.6 Å². The number of hydrazone groups is 1. The summed E-state index contributed by atoms with van der Waals surface area (Å²) >= 11 is 10.3. The summed E-state index contributed by atoms with van der Waals surface area (Å²) in [5, 5.41) is 6.87. The smallest absolute Gasteiger partial charge is 0.271 e. The number of carbonyl (C=O) groups excluding carboxylic acids is 2. The highest BCUT2D eigenvalue weighted by atomic mass is 79.9. The number of anilines is 1. The molecule has 0 saturated carbocycles. The average molecular weight is 638 g/mol. The molecule has 0 aliphatic carbocycles. The number of benzene rings is 3. The van der Waals surface area contributed by atoms with E-state index < -0.39 is 0 Å². The lowest BCUT2D eigenvalue weighted by molar-refractivity contribution is -0.118. The Balaban J connectivity index is 1.59. The molecule has 0 spiro atoms. The number of halogens is 3. The van der Waals surface area contributed by atoms with Crippen molar-refractivity contribution in [1.82, 2.24) is 5.43 Å². The van der Waals surface area contributed by atoms with Crippen LogP contribution in [0.25, 0.3) is 0 Å². The third-order valence-electron chi connectivity index (χ3n) is 4.73. The fraction of sp³-hybridized carbons (Fsp3) is 0.125. The maximum atomic E-state index is 12.3. The van der Waals surface area contributed by atoms with Crippen LogP contribution in [0.3, 0.4) is 0 Å². The molecule has 33 heavy (non-hydrogen) atoms. The highest BCUT2D eigenvalue weighted by Crippen LogP contribution is 2.34. The zero-order chi connectivity index (χ0) is 24.0. The van der Waals surface area contributed by atoms with Gasteiger partial charge < -0.3 is 10.1 Å². The molecule has 0 heterocycles. The second-order valence-electron chi connectivity index (χ2n) is 7.10. The van der Waals surface area contributed by atoms with Gasteiger partial charge in [-0.05, 0) is 105 Å². The summed E-state index contributed by atoms with van der Waals surface area (Å²) in [6.45, 7) is 3.80. The van der Waals surface area contributed by atoms with Crippen molar-refractivity contribution in [2.45, 2.75) is 13.8 Å². The third-order valence-corrected chi connectivity index (χ3v) is 6.44. The van der Waals surface area contributed by atoms with Crippen molar-refractivity contribution in [3.8, 4) is 5.75 Å². The Morgan fingerprint density at radius 1 is 1.00 bits per heavy atom. The molecule has 170 valence electrons. The Kier molecular flexibility index (Phi) is 8.82. The van der Waals surface area contributed by atoms with Crippen molar-refractivity contribution in [3.63, 3.8) is 0 Å². The molecular weight excluding hydrogens is 618 g/mol. The van der Waals surface area contributed by atoms with Gasteiger partial charge in [0.1, 0.15) is 5.75 Å². The molecule has 0 aliphatic heterocycles. The molecule has 2 N–H and O–H groups in total. The van der Waals surface area contributed by atoms with Crippen molar-refractivity contribution in [2.24, 2.45) is 5.10 Å². The second-order valence-corrected chi connectivity index (χ2v) is 9.73.